The molecule has 0 amide bonds. The zero-order chi connectivity index (χ0) is 12.1. The molecule has 1 aliphatic carbocycles. The van der Waals surface area contributed by atoms with Gasteiger partial charge < -0.3 is 4.90 Å². The summed E-state index contributed by atoms with van der Waals surface area (Å²) < 4.78 is 0. The fourth-order valence-corrected chi connectivity index (χ4v) is 4.36. The molecule has 17 heavy (non-hydrogen) atoms. The molecule has 1 saturated heterocycles. The minimum atomic E-state index is 0.875. The average Bonchev–Trinajstić information content (AvgIpc) is 2.38. The zero-order valence-corrected chi connectivity index (χ0v) is 12.9. The number of hydrogen-bond donors (Lipinski definition) is 0. The highest BCUT2D eigenvalue weighted by Crippen LogP contribution is 2.36. The molecule has 0 aromatic carbocycles. The van der Waals surface area contributed by atoms with E-state index in [4.69, 9.17) is 0 Å². The van der Waals surface area contributed by atoms with E-state index in [1.165, 1.54) is 69.9 Å². The lowest BCUT2D eigenvalue weighted by Crippen LogP contribution is -2.43. The topological polar surface area (TPSA) is 3.24 Å². The Morgan fingerprint density at radius 1 is 1.18 bits per heavy atom. The second-order valence-electron chi connectivity index (χ2n) is 6.16. The highest BCUT2D eigenvalue weighted by Gasteiger charge is 2.31. The first-order valence-corrected chi connectivity index (χ1v) is 8.74. The molecule has 1 nitrogen and oxygen atoms in total. The standard InChI is InChI=1S/C15H28BrN/c1-2-5-13(10-16)11-17-9-8-14-6-3-4-7-15(14)12-17/h13-15H,2-12H2,1H3. The lowest BCUT2D eigenvalue weighted by atomic mass is 9.75. The summed E-state index contributed by atoms with van der Waals surface area (Å²) in [5.41, 5.74) is 0. The summed E-state index contributed by atoms with van der Waals surface area (Å²) >= 11 is 3.69. The van der Waals surface area contributed by atoms with Crippen LogP contribution in [-0.4, -0.2) is 29.9 Å². The predicted molar refractivity (Wildman–Crippen MR) is 78.7 cm³/mol. The van der Waals surface area contributed by atoms with Crippen LogP contribution in [0.2, 0.25) is 0 Å². The van der Waals surface area contributed by atoms with Crippen LogP contribution in [0.4, 0.5) is 0 Å². The van der Waals surface area contributed by atoms with Gasteiger partial charge in [-0.3, -0.25) is 0 Å². The van der Waals surface area contributed by atoms with Crippen LogP contribution >= 0.6 is 15.9 Å². The van der Waals surface area contributed by atoms with Crippen LogP contribution in [0.5, 0.6) is 0 Å². The van der Waals surface area contributed by atoms with Crippen LogP contribution < -0.4 is 0 Å². The summed E-state index contributed by atoms with van der Waals surface area (Å²) in [4.78, 5) is 2.76. The first-order chi connectivity index (χ1) is 8.33. The first kappa shape index (κ1) is 13.9. The quantitative estimate of drug-likeness (QED) is 0.684. The molecule has 0 aromatic rings. The van der Waals surface area contributed by atoms with Gasteiger partial charge in [-0.05, 0) is 43.6 Å². The smallest absolute Gasteiger partial charge is 0.00718 e. The SMILES string of the molecule is CCCC(CBr)CN1CCC2CCCCC2C1. The molecule has 2 fully saturated rings. The molecule has 1 aliphatic heterocycles. The molecule has 0 radical (unpaired) electrons. The van der Waals surface area contributed by atoms with Gasteiger partial charge in [0.25, 0.3) is 0 Å². The molecule has 2 aliphatic rings. The molecule has 0 aromatic heterocycles. The molecule has 3 atom stereocenters. The van der Waals surface area contributed by atoms with Crippen molar-refractivity contribution in [1.82, 2.24) is 4.90 Å². The molecule has 1 saturated carbocycles. The monoisotopic (exact) mass is 301 g/mol. The van der Waals surface area contributed by atoms with E-state index < -0.39 is 0 Å². The minimum absolute atomic E-state index is 0.875. The first-order valence-electron chi connectivity index (χ1n) is 7.61. The van der Waals surface area contributed by atoms with Gasteiger partial charge in [0.2, 0.25) is 0 Å². The number of rotatable bonds is 5. The Morgan fingerprint density at radius 2 is 1.94 bits per heavy atom. The molecular formula is C15H28BrN. The zero-order valence-electron chi connectivity index (χ0n) is 11.3. The third kappa shape index (κ3) is 3.96. The van der Waals surface area contributed by atoms with Gasteiger partial charge in [0.15, 0.2) is 0 Å². The third-order valence-electron chi connectivity index (χ3n) is 4.81. The van der Waals surface area contributed by atoms with Crippen molar-refractivity contribution in [3.05, 3.63) is 0 Å². The average molecular weight is 302 g/mol. The fraction of sp³-hybridized carbons (Fsp3) is 1.00. The number of alkyl halides is 1. The molecular weight excluding hydrogens is 274 g/mol. The fourth-order valence-electron chi connectivity index (χ4n) is 3.83. The summed E-state index contributed by atoms with van der Waals surface area (Å²) in [5.74, 6) is 2.99. The number of piperidine rings is 1. The van der Waals surface area contributed by atoms with E-state index in [9.17, 15) is 0 Å². The molecule has 100 valence electrons. The summed E-state index contributed by atoms with van der Waals surface area (Å²) in [5, 5.41) is 1.19. The summed E-state index contributed by atoms with van der Waals surface area (Å²) in [7, 11) is 0. The molecule has 3 unspecified atom stereocenters. The van der Waals surface area contributed by atoms with Crippen LogP contribution in [0.15, 0.2) is 0 Å². The van der Waals surface area contributed by atoms with Crippen molar-refractivity contribution in [3.8, 4) is 0 Å². The van der Waals surface area contributed by atoms with Crippen molar-refractivity contribution in [2.75, 3.05) is 25.0 Å². The van der Waals surface area contributed by atoms with Crippen LogP contribution in [-0.2, 0) is 0 Å². The van der Waals surface area contributed by atoms with E-state index in [-0.39, 0.29) is 0 Å². The Kier molecular flexibility index (Phi) is 5.82. The summed E-state index contributed by atoms with van der Waals surface area (Å²) in [6.45, 7) is 6.41. The van der Waals surface area contributed by atoms with Crippen molar-refractivity contribution in [2.45, 2.75) is 51.9 Å². The number of hydrogen-bond acceptors (Lipinski definition) is 1. The van der Waals surface area contributed by atoms with Gasteiger partial charge in [-0.2, -0.15) is 0 Å². The number of nitrogens with zero attached hydrogens (tertiary/aromatic N) is 1. The Morgan fingerprint density at radius 3 is 2.65 bits per heavy atom. The van der Waals surface area contributed by atoms with E-state index in [1.807, 2.05) is 0 Å². The summed E-state index contributed by atoms with van der Waals surface area (Å²) in [6, 6.07) is 0. The van der Waals surface area contributed by atoms with Crippen molar-refractivity contribution in [3.63, 3.8) is 0 Å². The normalized spacial score (nSPS) is 32.1. The predicted octanol–water partition coefficient (Wildman–Crippen LogP) is 4.31. The van der Waals surface area contributed by atoms with Crippen LogP contribution in [0.3, 0.4) is 0 Å². The lowest BCUT2D eigenvalue weighted by molar-refractivity contribution is 0.0770. The van der Waals surface area contributed by atoms with Crippen molar-refractivity contribution >= 4 is 15.9 Å². The van der Waals surface area contributed by atoms with E-state index in [2.05, 4.69) is 27.8 Å². The summed E-state index contributed by atoms with van der Waals surface area (Å²) in [6.07, 6.45) is 10.2. The van der Waals surface area contributed by atoms with E-state index >= 15 is 0 Å². The maximum absolute atomic E-state index is 3.69. The van der Waals surface area contributed by atoms with Gasteiger partial charge in [0.1, 0.15) is 0 Å². The van der Waals surface area contributed by atoms with Crippen molar-refractivity contribution in [1.29, 1.82) is 0 Å². The second-order valence-corrected chi connectivity index (χ2v) is 6.81. The van der Waals surface area contributed by atoms with Crippen molar-refractivity contribution < 1.29 is 0 Å². The molecule has 1 heterocycles. The molecule has 0 N–H and O–H groups in total. The second kappa shape index (κ2) is 7.13. The van der Waals surface area contributed by atoms with Gasteiger partial charge in [-0.25, -0.2) is 0 Å². The minimum Gasteiger partial charge on any atom is -0.303 e. The number of fused-ring (bicyclic) bond motifs is 1. The van der Waals surface area contributed by atoms with Gasteiger partial charge in [0, 0.05) is 18.4 Å². The number of halogens is 1. The maximum atomic E-state index is 3.69. The largest absolute Gasteiger partial charge is 0.303 e. The van der Waals surface area contributed by atoms with Gasteiger partial charge in [-0.1, -0.05) is 48.5 Å². The highest BCUT2D eigenvalue weighted by molar-refractivity contribution is 9.09. The van der Waals surface area contributed by atoms with Gasteiger partial charge in [-0.15, -0.1) is 0 Å². The van der Waals surface area contributed by atoms with Crippen LogP contribution in [0, 0.1) is 17.8 Å². The third-order valence-corrected chi connectivity index (χ3v) is 5.72. The van der Waals surface area contributed by atoms with E-state index in [0.717, 1.165) is 17.8 Å². The number of likely N-dealkylation sites (tertiary alicyclic amines) is 1. The van der Waals surface area contributed by atoms with Crippen molar-refractivity contribution in [2.24, 2.45) is 17.8 Å². The molecule has 2 rings (SSSR count). The van der Waals surface area contributed by atoms with E-state index in [0.29, 0.717) is 0 Å². The Balaban J connectivity index is 1.78. The van der Waals surface area contributed by atoms with Gasteiger partial charge in [0.05, 0.1) is 0 Å². The Hall–Kier alpha value is 0.440. The van der Waals surface area contributed by atoms with Crippen LogP contribution in [0.1, 0.15) is 51.9 Å². The molecule has 0 bridgehead atoms. The van der Waals surface area contributed by atoms with Gasteiger partial charge >= 0.3 is 0 Å². The lowest BCUT2D eigenvalue weighted by Gasteiger charge is -2.42. The highest BCUT2D eigenvalue weighted by atomic mass is 79.9. The Bertz CT molecular complexity index is 217. The van der Waals surface area contributed by atoms with Crippen LogP contribution in [0.25, 0.3) is 0 Å². The maximum Gasteiger partial charge on any atom is 0.00718 e. The molecule has 0 spiro atoms. The molecule has 2 heteroatoms. The van der Waals surface area contributed by atoms with E-state index in [1.54, 1.807) is 0 Å². The Labute approximate surface area is 115 Å².